The first-order chi connectivity index (χ1) is 8.72. The predicted molar refractivity (Wildman–Crippen MR) is 78.6 cm³/mol. The largest absolute Gasteiger partial charge is 0.327 e. The zero-order chi connectivity index (χ0) is 13.0. The summed E-state index contributed by atoms with van der Waals surface area (Å²) in [5.41, 5.74) is 9.94. The van der Waals surface area contributed by atoms with E-state index in [1.54, 1.807) is 0 Å². The lowest BCUT2D eigenvalue weighted by molar-refractivity contribution is 0.551. The van der Waals surface area contributed by atoms with Gasteiger partial charge in [-0.3, -0.25) is 0 Å². The molecule has 0 aliphatic carbocycles. The average molecular weight is 239 g/mol. The molecule has 0 aliphatic rings. The normalized spacial score (nSPS) is 14.2. The summed E-state index contributed by atoms with van der Waals surface area (Å²) in [7, 11) is 0. The lowest BCUT2D eigenvalue weighted by atomic mass is 9.91. The lowest BCUT2D eigenvalue weighted by Gasteiger charge is -2.19. The van der Waals surface area contributed by atoms with Crippen LogP contribution in [0.4, 0.5) is 0 Å². The maximum absolute atomic E-state index is 6.10. The Balaban J connectivity index is 2.20. The summed E-state index contributed by atoms with van der Waals surface area (Å²) in [5, 5.41) is 0. The molecule has 0 fully saturated rings. The van der Waals surface area contributed by atoms with Gasteiger partial charge in [0.25, 0.3) is 0 Å². The Hall–Kier alpha value is -1.60. The van der Waals surface area contributed by atoms with E-state index >= 15 is 0 Å². The molecule has 2 aromatic carbocycles. The molecule has 2 N–H and O–H groups in total. The summed E-state index contributed by atoms with van der Waals surface area (Å²) < 4.78 is 0. The van der Waals surface area contributed by atoms with Crippen molar-refractivity contribution in [1.29, 1.82) is 0 Å². The van der Waals surface area contributed by atoms with Crippen molar-refractivity contribution >= 4 is 0 Å². The van der Waals surface area contributed by atoms with Crippen molar-refractivity contribution in [3.63, 3.8) is 0 Å². The van der Waals surface area contributed by atoms with Crippen LogP contribution in [0.1, 0.15) is 31.7 Å². The Morgan fingerprint density at radius 1 is 0.889 bits per heavy atom. The zero-order valence-electron chi connectivity index (χ0n) is 11.1. The highest BCUT2D eigenvalue weighted by Gasteiger charge is 2.12. The fraction of sp³-hybridized carbons (Fsp3) is 0.294. The fourth-order valence-electron chi connectivity index (χ4n) is 2.21. The molecule has 0 spiro atoms. The van der Waals surface area contributed by atoms with Gasteiger partial charge in [0.15, 0.2) is 0 Å². The first-order valence-electron chi connectivity index (χ1n) is 6.63. The highest BCUT2D eigenvalue weighted by atomic mass is 14.6. The van der Waals surface area contributed by atoms with Crippen molar-refractivity contribution in [2.24, 2.45) is 5.73 Å². The van der Waals surface area contributed by atoms with Crippen molar-refractivity contribution in [3.05, 3.63) is 60.2 Å². The van der Waals surface area contributed by atoms with Gasteiger partial charge in [-0.25, -0.2) is 0 Å². The third kappa shape index (κ3) is 2.80. The monoisotopic (exact) mass is 239 g/mol. The molecule has 1 nitrogen and oxygen atoms in total. The van der Waals surface area contributed by atoms with Gasteiger partial charge >= 0.3 is 0 Å². The Morgan fingerprint density at radius 2 is 1.44 bits per heavy atom. The summed E-state index contributed by atoms with van der Waals surface area (Å²) >= 11 is 0. The number of benzene rings is 2. The first-order valence-corrected chi connectivity index (χ1v) is 6.63. The third-order valence-corrected chi connectivity index (χ3v) is 3.66. The van der Waals surface area contributed by atoms with Crippen LogP contribution in [0.15, 0.2) is 54.6 Å². The van der Waals surface area contributed by atoms with Crippen molar-refractivity contribution in [2.75, 3.05) is 0 Å². The van der Waals surface area contributed by atoms with Crippen LogP contribution >= 0.6 is 0 Å². The second-order valence-electron chi connectivity index (χ2n) is 4.85. The van der Waals surface area contributed by atoms with Gasteiger partial charge in [-0.15, -0.1) is 0 Å². The minimum Gasteiger partial charge on any atom is -0.327 e. The second kappa shape index (κ2) is 5.83. The summed E-state index contributed by atoms with van der Waals surface area (Å²) in [4.78, 5) is 0. The second-order valence-corrected chi connectivity index (χ2v) is 4.85. The molecule has 2 aromatic rings. The molecule has 0 bridgehead atoms. The zero-order valence-corrected chi connectivity index (χ0v) is 11.1. The Kier molecular flexibility index (Phi) is 4.16. The number of nitrogens with two attached hydrogens (primary N) is 1. The minimum atomic E-state index is 0.243. The topological polar surface area (TPSA) is 26.0 Å². The number of rotatable bonds is 4. The lowest BCUT2D eigenvalue weighted by Crippen LogP contribution is -2.25. The van der Waals surface area contributed by atoms with Crippen LogP contribution in [0, 0.1) is 0 Å². The molecule has 0 aromatic heterocycles. The van der Waals surface area contributed by atoms with Crippen LogP contribution in [-0.4, -0.2) is 6.04 Å². The molecule has 0 aliphatic heterocycles. The molecule has 0 radical (unpaired) electrons. The van der Waals surface area contributed by atoms with Gasteiger partial charge in [0.1, 0.15) is 0 Å². The molecule has 0 saturated heterocycles. The van der Waals surface area contributed by atoms with E-state index in [1.807, 2.05) is 6.07 Å². The van der Waals surface area contributed by atoms with E-state index in [4.69, 9.17) is 5.73 Å². The smallest absolute Gasteiger partial charge is 0.0103 e. The van der Waals surface area contributed by atoms with Crippen LogP contribution in [0.25, 0.3) is 11.1 Å². The molecule has 0 saturated carbocycles. The first kappa shape index (κ1) is 12.8. The van der Waals surface area contributed by atoms with Gasteiger partial charge in [-0.1, -0.05) is 68.4 Å². The van der Waals surface area contributed by atoms with Crippen LogP contribution in [0.2, 0.25) is 0 Å². The predicted octanol–water partition coefficient (Wildman–Crippen LogP) is 4.19. The van der Waals surface area contributed by atoms with Gasteiger partial charge in [0, 0.05) is 6.04 Å². The van der Waals surface area contributed by atoms with Crippen molar-refractivity contribution in [1.82, 2.24) is 0 Å². The maximum atomic E-state index is 6.10. The molecular weight excluding hydrogens is 218 g/mol. The fourth-order valence-corrected chi connectivity index (χ4v) is 2.21. The van der Waals surface area contributed by atoms with Gasteiger partial charge in [0.05, 0.1) is 0 Å². The third-order valence-electron chi connectivity index (χ3n) is 3.66. The van der Waals surface area contributed by atoms with E-state index in [0.29, 0.717) is 5.92 Å². The van der Waals surface area contributed by atoms with Gasteiger partial charge in [0.2, 0.25) is 0 Å². The molecule has 2 atom stereocenters. The molecule has 0 heterocycles. The van der Waals surface area contributed by atoms with E-state index in [2.05, 4.69) is 62.4 Å². The van der Waals surface area contributed by atoms with Crippen molar-refractivity contribution in [3.8, 4) is 11.1 Å². The molecule has 1 heteroatoms. The highest BCUT2D eigenvalue weighted by Crippen LogP contribution is 2.24. The van der Waals surface area contributed by atoms with Gasteiger partial charge < -0.3 is 5.73 Å². The van der Waals surface area contributed by atoms with E-state index in [-0.39, 0.29) is 6.04 Å². The highest BCUT2D eigenvalue weighted by molar-refractivity contribution is 5.63. The standard InChI is InChI=1S/C17H21N/c1-3-17(18)13(2)14-9-11-16(12-10-14)15-7-5-4-6-8-15/h4-13,17H,3,18H2,1-2H3. The van der Waals surface area contributed by atoms with Gasteiger partial charge in [-0.05, 0) is 29.0 Å². The Morgan fingerprint density at radius 3 is 2.00 bits per heavy atom. The molecule has 2 unspecified atom stereocenters. The minimum absolute atomic E-state index is 0.243. The van der Waals surface area contributed by atoms with Crippen molar-refractivity contribution < 1.29 is 0 Å². The van der Waals surface area contributed by atoms with Gasteiger partial charge in [-0.2, -0.15) is 0 Å². The summed E-state index contributed by atoms with van der Waals surface area (Å²) in [6.45, 7) is 4.34. The Labute approximate surface area is 110 Å². The summed E-state index contributed by atoms with van der Waals surface area (Å²) in [5.74, 6) is 0.417. The number of hydrogen-bond donors (Lipinski definition) is 1. The van der Waals surface area contributed by atoms with E-state index < -0.39 is 0 Å². The molecular formula is C17H21N. The molecule has 0 amide bonds. The van der Waals surface area contributed by atoms with Crippen LogP contribution in [-0.2, 0) is 0 Å². The van der Waals surface area contributed by atoms with Crippen LogP contribution in [0.5, 0.6) is 0 Å². The van der Waals surface area contributed by atoms with E-state index in [9.17, 15) is 0 Å². The number of hydrogen-bond acceptors (Lipinski definition) is 1. The summed E-state index contributed by atoms with van der Waals surface area (Å²) in [6, 6.07) is 19.5. The molecule has 2 rings (SSSR count). The SMILES string of the molecule is CCC(N)C(C)c1ccc(-c2ccccc2)cc1. The van der Waals surface area contributed by atoms with Crippen molar-refractivity contribution in [2.45, 2.75) is 32.2 Å². The van der Waals surface area contributed by atoms with E-state index in [1.165, 1.54) is 16.7 Å². The average Bonchev–Trinajstić information content (AvgIpc) is 2.47. The molecule has 94 valence electrons. The maximum Gasteiger partial charge on any atom is 0.0103 e. The quantitative estimate of drug-likeness (QED) is 0.850. The van der Waals surface area contributed by atoms with Crippen LogP contribution < -0.4 is 5.73 Å². The Bertz CT molecular complexity index is 473. The van der Waals surface area contributed by atoms with E-state index in [0.717, 1.165) is 6.42 Å². The summed E-state index contributed by atoms with van der Waals surface area (Å²) in [6.07, 6.45) is 1.02. The molecule has 18 heavy (non-hydrogen) atoms. The van der Waals surface area contributed by atoms with Crippen LogP contribution in [0.3, 0.4) is 0 Å².